The molecule has 74 valence electrons. The van der Waals surface area contributed by atoms with Crippen molar-refractivity contribution in [1.29, 1.82) is 0 Å². The Morgan fingerprint density at radius 2 is 1.62 bits per heavy atom. The van der Waals surface area contributed by atoms with Crippen molar-refractivity contribution in [2.24, 2.45) is 0 Å². The van der Waals surface area contributed by atoms with E-state index in [2.05, 4.69) is 6.58 Å². The van der Waals surface area contributed by atoms with Crippen LogP contribution in [-0.4, -0.2) is 17.4 Å². The van der Waals surface area contributed by atoms with Gasteiger partial charge >= 0.3 is 0 Å². The molecule has 13 heavy (non-hydrogen) atoms. The quantitative estimate of drug-likeness (QED) is 0.613. The van der Waals surface area contributed by atoms with Crippen LogP contribution in [0.4, 0.5) is 0 Å². The molecular formula is C11H19NO. The molecule has 1 aliphatic rings. The molecule has 2 heteroatoms. The molecule has 0 unspecified atom stereocenters. The van der Waals surface area contributed by atoms with Crippen molar-refractivity contribution in [3.05, 3.63) is 12.8 Å². The molecule has 1 amide bonds. The van der Waals surface area contributed by atoms with E-state index >= 15 is 0 Å². The summed E-state index contributed by atoms with van der Waals surface area (Å²) in [7, 11) is 0. The van der Waals surface area contributed by atoms with Crippen LogP contribution in [0.5, 0.6) is 0 Å². The fourth-order valence-corrected chi connectivity index (χ4v) is 2.01. The summed E-state index contributed by atoms with van der Waals surface area (Å²) in [5, 5.41) is 0. The van der Waals surface area contributed by atoms with Gasteiger partial charge in [0.05, 0.1) is 0 Å². The van der Waals surface area contributed by atoms with Gasteiger partial charge in [0.1, 0.15) is 0 Å². The minimum absolute atomic E-state index is 0.412. The van der Waals surface area contributed by atoms with Gasteiger partial charge in [-0.15, -0.1) is 0 Å². The van der Waals surface area contributed by atoms with Gasteiger partial charge in [-0.1, -0.05) is 38.7 Å². The van der Waals surface area contributed by atoms with Gasteiger partial charge in [-0.25, -0.2) is 0 Å². The van der Waals surface area contributed by atoms with E-state index in [0.29, 0.717) is 6.04 Å². The summed E-state index contributed by atoms with van der Waals surface area (Å²) in [6.07, 6.45) is 11.3. The molecule has 0 aromatic carbocycles. The van der Waals surface area contributed by atoms with E-state index in [1.54, 1.807) is 11.1 Å². The molecule has 2 nitrogen and oxygen atoms in total. The normalized spacial score (nSPS) is 20.0. The lowest BCUT2D eigenvalue weighted by molar-refractivity contribution is -0.117. The second-order valence-electron chi connectivity index (χ2n) is 3.73. The summed E-state index contributed by atoms with van der Waals surface area (Å²) in [6.45, 7) is 3.66. The number of nitrogens with zero attached hydrogens (tertiary/aromatic N) is 1. The van der Waals surface area contributed by atoms with Crippen LogP contribution in [0.25, 0.3) is 0 Å². The molecule has 0 bridgehead atoms. The van der Waals surface area contributed by atoms with E-state index in [4.69, 9.17) is 0 Å². The lowest BCUT2D eigenvalue weighted by Gasteiger charge is -2.26. The first-order valence-corrected chi connectivity index (χ1v) is 5.24. The fraction of sp³-hybridized carbons (Fsp3) is 0.727. The zero-order valence-corrected chi connectivity index (χ0v) is 8.24. The number of hydrogen-bond acceptors (Lipinski definition) is 1. The molecule has 0 aromatic rings. The molecule has 0 saturated heterocycles. The van der Waals surface area contributed by atoms with Crippen molar-refractivity contribution < 1.29 is 4.79 Å². The van der Waals surface area contributed by atoms with Crippen LogP contribution in [0, 0.1) is 0 Å². The predicted molar refractivity (Wildman–Crippen MR) is 54.2 cm³/mol. The summed E-state index contributed by atoms with van der Waals surface area (Å²) in [5.41, 5.74) is 0. The summed E-state index contributed by atoms with van der Waals surface area (Å²) in [6, 6.07) is 0.412. The fourth-order valence-electron chi connectivity index (χ4n) is 2.01. The molecule has 0 heterocycles. The maximum Gasteiger partial charge on any atom is 0.213 e. The van der Waals surface area contributed by atoms with Gasteiger partial charge in [0.25, 0.3) is 0 Å². The standard InChI is InChI=1S/C11H19NO/c1-2-12(10-13)11-8-6-4-3-5-7-9-11/h2,10-11H,1,3-9H2. The first-order valence-electron chi connectivity index (χ1n) is 5.24. The molecule has 1 aliphatic carbocycles. The van der Waals surface area contributed by atoms with Crippen LogP contribution in [0.2, 0.25) is 0 Å². The van der Waals surface area contributed by atoms with Crippen molar-refractivity contribution >= 4 is 6.41 Å². The van der Waals surface area contributed by atoms with Crippen molar-refractivity contribution in [2.45, 2.75) is 51.0 Å². The third-order valence-corrected chi connectivity index (χ3v) is 2.83. The van der Waals surface area contributed by atoms with Gasteiger partial charge < -0.3 is 4.90 Å². The van der Waals surface area contributed by atoms with Gasteiger partial charge in [0.2, 0.25) is 6.41 Å². The summed E-state index contributed by atoms with van der Waals surface area (Å²) < 4.78 is 0. The molecule has 0 spiro atoms. The van der Waals surface area contributed by atoms with Gasteiger partial charge in [-0.05, 0) is 19.0 Å². The summed E-state index contributed by atoms with van der Waals surface area (Å²) >= 11 is 0. The van der Waals surface area contributed by atoms with Crippen molar-refractivity contribution in [3.8, 4) is 0 Å². The molecular weight excluding hydrogens is 162 g/mol. The topological polar surface area (TPSA) is 20.3 Å². The Morgan fingerprint density at radius 1 is 1.08 bits per heavy atom. The van der Waals surface area contributed by atoms with Crippen molar-refractivity contribution in [2.75, 3.05) is 0 Å². The SMILES string of the molecule is C=CN(C=O)C1CCCCCCC1. The molecule has 1 rings (SSSR count). The molecule has 0 N–H and O–H groups in total. The minimum atomic E-state index is 0.412. The number of carbonyl (C=O) groups is 1. The maximum absolute atomic E-state index is 10.7. The zero-order valence-electron chi connectivity index (χ0n) is 8.24. The van der Waals surface area contributed by atoms with E-state index in [0.717, 1.165) is 19.3 Å². The highest BCUT2D eigenvalue weighted by Crippen LogP contribution is 2.20. The van der Waals surface area contributed by atoms with Crippen LogP contribution >= 0.6 is 0 Å². The van der Waals surface area contributed by atoms with E-state index in [9.17, 15) is 4.79 Å². The smallest absolute Gasteiger partial charge is 0.213 e. The maximum atomic E-state index is 10.7. The number of hydrogen-bond donors (Lipinski definition) is 0. The van der Waals surface area contributed by atoms with E-state index in [1.807, 2.05) is 0 Å². The van der Waals surface area contributed by atoms with Gasteiger partial charge in [-0.3, -0.25) is 4.79 Å². The summed E-state index contributed by atoms with van der Waals surface area (Å²) in [5.74, 6) is 0. The first-order chi connectivity index (χ1) is 6.38. The number of carbonyl (C=O) groups excluding carboxylic acids is 1. The Labute approximate surface area is 80.6 Å². The highest BCUT2D eigenvalue weighted by molar-refractivity contribution is 5.49. The minimum Gasteiger partial charge on any atom is -0.319 e. The average Bonchev–Trinajstić information content (AvgIpc) is 2.09. The van der Waals surface area contributed by atoms with Crippen LogP contribution in [-0.2, 0) is 4.79 Å². The van der Waals surface area contributed by atoms with Gasteiger partial charge in [0, 0.05) is 6.04 Å². The molecule has 1 fully saturated rings. The van der Waals surface area contributed by atoms with E-state index < -0.39 is 0 Å². The third kappa shape index (κ3) is 3.21. The first kappa shape index (κ1) is 10.3. The molecule has 0 aromatic heterocycles. The average molecular weight is 181 g/mol. The lowest BCUT2D eigenvalue weighted by atomic mass is 9.96. The van der Waals surface area contributed by atoms with E-state index in [1.165, 1.54) is 32.1 Å². The van der Waals surface area contributed by atoms with Crippen LogP contribution in [0.3, 0.4) is 0 Å². The van der Waals surface area contributed by atoms with Gasteiger partial charge in [-0.2, -0.15) is 0 Å². The Kier molecular flexibility index (Phi) is 4.58. The third-order valence-electron chi connectivity index (χ3n) is 2.83. The second kappa shape index (κ2) is 5.79. The largest absolute Gasteiger partial charge is 0.319 e. The molecule has 0 radical (unpaired) electrons. The highest BCUT2D eigenvalue weighted by Gasteiger charge is 2.15. The second-order valence-corrected chi connectivity index (χ2v) is 3.73. The Bertz CT molecular complexity index is 151. The predicted octanol–water partition coefficient (Wildman–Crippen LogP) is 2.70. The number of amides is 1. The van der Waals surface area contributed by atoms with Gasteiger partial charge in [0.15, 0.2) is 0 Å². The van der Waals surface area contributed by atoms with Crippen LogP contribution in [0.15, 0.2) is 12.8 Å². The summed E-state index contributed by atoms with van der Waals surface area (Å²) in [4.78, 5) is 12.4. The Hall–Kier alpha value is -0.790. The van der Waals surface area contributed by atoms with Crippen LogP contribution in [0.1, 0.15) is 44.9 Å². The lowest BCUT2D eigenvalue weighted by Crippen LogP contribution is -2.29. The Morgan fingerprint density at radius 3 is 2.08 bits per heavy atom. The van der Waals surface area contributed by atoms with Crippen molar-refractivity contribution in [1.82, 2.24) is 4.90 Å². The van der Waals surface area contributed by atoms with Crippen molar-refractivity contribution in [3.63, 3.8) is 0 Å². The highest BCUT2D eigenvalue weighted by atomic mass is 16.1. The van der Waals surface area contributed by atoms with E-state index in [-0.39, 0.29) is 0 Å². The Balaban J connectivity index is 2.43. The number of rotatable bonds is 3. The zero-order chi connectivity index (χ0) is 9.52. The molecule has 0 atom stereocenters. The molecule has 0 aliphatic heterocycles. The molecule has 1 saturated carbocycles. The van der Waals surface area contributed by atoms with Crippen LogP contribution < -0.4 is 0 Å². The monoisotopic (exact) mass is 181 g/mol.